The van der Waals surface area contributed by atoms with Gasteiger partial charge in [-0.25, -0.2) is 0 Å². The Bertz CT molecular complexity index is 589. The molecule has 0 aliphatic rings. The first kappa shape index (κ1) is 13.4. The van der Waals surface area contributed by atoms with Crippen LogP contribution in [0.5, 0.6) is 0 Å². The minimum Gasteiger partial charge on any atom is -0.294 e. The molecule has 0 aliphatic carbocycles. The summed E-state index contributed by atoms with van der Waals surface area (Å²) in [5, 5.41) is 12.2. The Balaban J connectivity index is 2.09. The molecule has 2 rings (SSSR count). The Morgan fingerprint density at radius 1 is 1.37 bits per heavy atom. The predicted octanol–water partition coefficient (Wildman–Crippen LogP) is 1.90. The second-order valence-corrected chi connectivity index (χ2v) is 4.65. The van der Waals surface area contributed by atoms with Gasteiger partial charge in [-0.05, 0) is 31.4 Å². The highest BCUT2D eigenvalue weighted by atomic mass is 16.1. The van der Waals surface area contributed by atoms with Crippen LogP contribution in [0.1, 0.15) is 40.7 Å². The van der Waals surface area contributed by atoms with Crippen LogP contribution in [0, 0.1) is 6.92 Å². The summed E-state index contributed by atoms with van der Waals surface area (Å²) in [6.45, 7) is 3.83. The molecule has 5 nitrogen and oxygen atoms in total. The highest BCUT2D eigenvalue weighted by Gasteiger charge is 2.13. The SMILES string of the molecule is CCc1nnc(C)cc1C(=O)CCc1cnn(C)c1. The normalized spacial score (nSPS) is 10.7. The molecule has 0 aromatic carbocycles. The second-order valence-electron chi connectivity index (χ2n) is 4.65. The molecule has 0 radical (unpaired) electrons. The van der Waals surface area contributed by atoms with E-state index in [4.69, 9.17) is 0 Å². The van der Waals surface area contributed by atoms with E-state index in [0.717, 1.165) is 23.4 Å². The lowest BCUT2D eigenvalue weighted by atomic mass is 10.0. The molecule has 0 atom stereocenters. The van der Waals surface area contributed by atoms with Crippen molar-refractivity contribution in [1.82, 2.24) is 20.0 Å². The summed E-state index contributed by atoms with van der Waals surface area (Å²) in [6, 6.07) is 1.83. The highest BCUT2D eigenvalue weighted by molar-refractivity contribution is 5.97. The summed E-state index contributed by atoms with van der Waals surface area (Å²) in [4.78, 5) is 12.3. The zero-order chi connectivity index (χ0) is 13.8. The van der Waals surface area contributed by atoms with Gasteiger partial charge in [-0.2, -0.15) is 15.3 Å². The number of rotatable bonds is 5. The average Bonchev–Trinajstić information content (AvgIpc) is 2.81. The number of aryl methyl sites for hydroxylation is 4. The Hall–Kier alpha value is -2.04. The van der Waals surface area contributed by atoms with E-state index >= 15 is 0 Å². The van der Waals surface area contributed by atoms with Gasteiger partial charge in [-0.15, -0.1) is 0 Å². The molecule has 0 fully saturated rings. The molecule has 19 heavy (non-hydrogen) atoms. The quantitative estimate of drug-likeness (QED) is 0.768. The smallest absolute Gasteiger partial charge is 0.165 e. The van der Waals surface area contributed by atoms with Gasteiger partial charge < -0.3 is 0 Å². The van der Waals surface area contributed by atoms with Gasteiger partial charge in [0.25, 0.3) is 0 Å². The molecule has 0 spiro atoms. The average molecular weight is 258 g/mol. The van der Waals surface area contributed by atoms with Gasteiger partial charge in [0.15, 0.2) is 5.78 Å². The van der Waals surface area contributed by atoms with Crippen LogP contribution in [0.3, 0.4) is 0 Å². The number of aromatic nitrogens is 4. The number of hydrogen-bond acceptors (Lipinski definition) is 4. The number of Topliss-reactive ketones (excluding diaryl/α,β-unsaturated/α-hetero) is 1. The number of nitrogens with zero attached hydrogens (tertiary/aromatic N) is 4. The molecule has 100 valence electrons. The van der Waals surface area contributed by atoms with Crippen molar-refractivity contribution in [3.63, 3.8) is 0 Å². The van der Waals surface area contributed by atoms with Crippen LogP contribution in [-0.4, -0.2) is 25.8 Å². The van der Waals surface area contributed by atoms with Gasteiger partial charge in [-0.1, -0.05) is 6.92 Å². The fourth-order valence-corrected chi connectivity index (χ4v) is 2.01. The van der Waals surface area contributed by atoms with Crippen LogP contribution < -0.4 is 0 Å². The molecule has 0 amide bonds. The van der Waals surface area contributed by atoms with Crippen molar-refractivity contribution in [2.75, 3.05) is 0 Å². The van der Waals surface area contributed by atoms with Crippen LogP contribution in [-0.2, 0) is 19.9 Å². The third-order valence-corrected chi connectivity index (χ3v) is 3.03. The number of hydrogen-bond donors (Lipinski definition) is 0. The first-order valence-corrected chi connectivity index (χ1v) is 6.44. The minimum atomic E-state index is 0.124. The molecule has 0 aliphatic heterocycles. The Labute approximate surface area is 112 Å². The fraction of sp³-hybridized carbons (Fsp3) is 0.429. The maximum atomic E-state index is 12.3. The Morgan fingerprint density at radius 2 is 2.16 bits per heavy atom. The van der Waals surface area contributed by atoms with Crippen molar-refractivity contribution in [3.8, 4) is 0 Å². The number of carbonyl (C=O) groups is 1. The van der Waals surface area contributed by atoms with Crippen LogP contribution in [0.2, 0.25) is 0 Å². The zero-order valence-corrected chi connectivity index (χ0v) is 11.6. The molecular weight excluding hydrogens is 240 g/mol. The lowest BCUT2D eigenvalue weighted by Crippen LogP contribution is -2.08. The van der Waals surface area contributed by atoms with Gasteiger partial charge >= 0.3 is 0 Å². The summed E-state index contributed by atoms with van der Waals surface area (Å²) >= 11 is 0. The molecule has 0 N–H and O–H groups in total. The van der Waals surface area contributed by atoms with E-state index in [1.807, 2.05) is 33.2 Å². The van der Waals surface area contributed by atoms with E-state index in [2.05, 4.69) is 15.3 Å². The minimum absolute atomic E-state index is 0.124. The summed E-state index contributed by atoms with van der Waals surface area (Å²) in [7, 11) is 1.87. The van der Waals surface area contributed by atoms with E-state index in [9.17, 15) is 4.79 Å². The second kappa shape index (κ2) is 5.73. The molecule has 0 saturated heterocycles. The molecule has 0 saturated carbocycles. The summed E-state index contributed by atoms with van der Waals surface area (Å²) in [5.74, 6) is 0.124. The molecule has 2 aromatic heterocycles. The maximum absolute atomic E-state index is 12.3. The lowest BCUT2D eigenvalue weighted by Gasteiger charge is -2.05. The van der Waals surface area contributed by atoms with Gasteiger partial charge in [0.05, 0.1) is 17.6 Å². The third-order valence-electron chi connectivity index (χ3n) is 3.03. The van der Waals surface area contributed by atoms with E-state index in [0.29, 0.717) is 18.4 Å². The van der Waals surface area contributed by atoms with Crippen LogP contribution >= 0.6 is 0 Å². The van der Waals surface area contributed by atoms with Crippen molar-refractivity contribution in [2.24, 2.45) is 7.05 Å². The van der Waals surface area contributed by atoms with Crippen molar-refractivity contribution in [1.29, 1.82) is 0 Å². The molecule has 0 bridgehead atoms. The van der Waals surface area contributed by atoms with E-state index in [1.54, 1.807) is 10.9 Å². The molecule has 2 aromatic rings. The molecule has 5 heteroatoms. The van der Waals surface area contributed by atoms with Crippen molar-refractivity contribution >= 4 is 5.78 Å². The number of ketones is 1. The van der Waals surface area contributed by atoms with Gasteiger partial charge in [-0.3, -0.25) is 9.48 Å². The highest BCUT2D eigenvalue weighted by Crippen LogP contribution is 2.12. The lowest BCUT2D eigenvalue weighted by molar-refractivity contribution is 0.0981. The first-order chi connectivity index (χ1) is 9.10. The van der Waals surface area contributed by atoms with Gasteiger partial charge in [0, 0.05) is 25.2 Å². The van der Waals surface area contributed by atoms with Crippen molar-refractivity contribution in [2.45, 2.75) is 33.1 Å². The monoisotopic (exact) mass is 258 g/mol. The number of carbonyl (C=O) groups excluding carboxylic acids is 1. The zero-order valence-electron chi connectivity index (χ0n) is 11.6. The first-order valence-electron chi connectivity index (χ1n) is 6.44. The summed E-state index contributed by atoms with van der Waals surface area (Å²) < 4.78 is 1.75. The topological polar surface area (TPSA) is 60.7 Å². The Kier molecular flexibility index (Phi) is 4.04. The summed E-state index contributed by atoms with van der Waals surface area (Å²) in [5.41, 5.74) is 3.34. The molecule has 2 heterocycles. The van der Waals surface area contributed by atoms with E-state index in [1.165, 1.54) is 0 Å². The Morgan fingerprint density at radius 3 is 2.79 bits per heavy atom. The maximum Gasteiger partial charge on any atom is 0.165 e. The van der Waals surface area contributed by atoms with Crippen LogP contribution in [0.15, 0.2) is 18.5 Å². The summed E-state index contributed by atoms with van der Waals surface area (Å²) in [6.07, 6.45) is 5.64. The third kappa shape index (κ3) is 3.24. The van der Waals surface area contributed by atoms with E-state index in [-0.39, 0.29) is 5.78 Å². The van der Waals surface area contributed by atoms with Crippen molar-refractivity contribution < 1.29 is 4.79 Å². The molecule has 0 unspecified atom stereocenters. The van der Waals surface area contributed by atoms with Gasteiger partial charge in [0.2, 0.25) is 0 Å². The van der Waals surface area contributed by atoms with E-state index < -0.39 is 0 Å². The van der Waals surface area contributed by atoms with Crippen molar-refractivity contribution in [3.05, 3.63) is 41.0 Å². The standard InChI is InChI=1S/C14H18N4O/c1-4-13-12(7-10(2)16-17-13)14(19)6-5-11-8-15-18(3)9-11/h7-9H,4-6H2,1-3H3. The van der Waals surface area contributed by atoms with Crippen LogP contribution in [0.4, 0.5) is 0 Å². The fourth-order valence-electron chi connectivity index (χ4n) is 2.01. The van der Waals surface area contributed by atoms with Crippen LogP contribution in [0.25, 0.3) is 0 Å². The molecular formula is C14H18N4O. The largest absolute Gasteiger partial charge is 0.294 e. The van der Waals surface area contributed by atoms with Gasteiger partial charge in [0.1, 0.15) is 0 Å². The predicted molar refractivity (Wildman–Crippen MR) is 72.0 cm³/mol.